The maximum absolute atomic E-state index is 10.4. The van der Waals surface area contributed by atoms with Gasteiger partial charge in [-0.2, -0.15) is 0 Å². The molecule has 10 heavy (non-hydrogen) atoms. The minimum atomic E-state index is -0.339. The number of esters is 1. The van der Waals surface area contributed by atoms with Gasteiger partial charge in [0.15, 0.2) is 0 Å². The Morgan fingerprint density at radius 3 is 3.00 bits per heavy atom. The van der Waals surface area contributed by atoms with E-state index >= 15 is 0 Å². The molecule has 0 aromatic rings. The second kappa shape index (κ2) is 6.51. The van der Waals surface area contributed by atoms with Gasteiger partial charge in [-0.1, -0.05) is 6.58 Å². The van der Waals surface area contributed by atoms with Gasteiger partial charge in [-0.3, -0.25) is 0 Å². The topological polar surface area (TPSA) is 38.3 Å². The lowest BCUT2D eigenvalue weighted by molar-refractivity contribution is -0.137. The molecule has 0 bridgehead atoms. The van der Waals surface area contributed by atoms with Gasteiger partial charge < -0.3 is 9.72 Å². The van der Waals surface area contributed by atoms with Gasteiger partial charge in [-0.15, -0.1) is 0 Å². The Labute approximate surface area is 64.0 Å². The number of hydrogen-bond acceptors (Lipinski definition) is 3. The Bertz CT molecular complexity index is 116. The standard InChI is InChI=1S/C6H13NO2Si/c1-2-6(8)9-5-3-4-7-10/h2,7H,1,3-5H2,10H3. The van der Waals surface area contributed by atoms with Crippen molar-refractivity contribution < 1.29 is 9.53 Å². The van der Waals surface area contributed by atoms with Crippen LogP contribution in [0.3, 0.4) is 0 Å². The summed E-state index contributed by atoms with van der Waals surface area (Å²) >= 11 is 0. The van der Waals surface area contributed by atoms with Gasteiger partial charge in [-0.05, 0) is 13.0 Å². The van der Waals surface area contributed by atoms with Gasteiger partial charge in [0.05, 0.1) is 17.0 Å². The minimum absolute atomic E-state index is 0.339. The summed E-state index contributed by atoms with van der Waals surface area (Å²) in [5.41, 5.74) is 0. The Morgan fingerprint density at radius 1 is 1.80 bits per heavy atom. The molecular formula is C6H13NO2Si. The van der Waals surface area contributed by atoms with Crippen molar-refractivity contribution in [1.82, 2.24) is 4.98 Å². The van der Waals surface area contributed by atoms with Gasteiger partial charge >= 0.3 is 5.97 Å². The molecule has 3 nitrogen and oxygen atoms in total. The highest BCUT2D eigenvalue weighted by Crippen LogP contribution is 1.82. The molecule has 1 N–H and O–H groups in total. The average Bonchev–Trinajstić information content (AvgIpc) is 1.98. The lowest BCUT2D eigenvalue weighted by Crippen LogP contribution is -2.13. The highest BCUT2D eigenvalue weighted by Gasteiger charge is 1.92. The number of ether oxygens (including phenoxy) is 1. The third-order valence-corrected chi connectivity index (χ3v) is 1.48. The van der Waals surface area contributed by atoms with Crippen molar-refractivity contribution in [2.45, 2.75) is 6.42 Å². The predicted octanol–water partition coefficient (Wildman–Crippen LogP) is -1.02. The number of rotatable bonds is 5. The molecule has 0 atom stereocenters. The van der Waals surface area contributed by atoms with Crippen LogP contribution in [0, 0.1) is 0 Å². The first-order valence-corrected chi connectivity index (χ1v) is 4.25. The Morgan fingerprint density at radius 2 is 2.50 bits per heavy atom. The number of carbonyl (C=O) groups is 1. The van der Waals surface area contributed by atoms with E-state index < -0.39 is 0 Å². The molecule has 0 rings (SSSR count). The molecule has 0 unspecified atom stereocenters. The predicted molar refractivity (Wildman–Crippen MR) is 43.7 cm³/mol. The SMILES string of the molecule is C=CC(=O)OCCCN[SiH3]. The zero-order valence-corrected chi connectivity index (χ0v) is 8.22. The van der Waals surface area contributed by atoms with Crippen LogP contribution >= 0.6 is 0 Å². The summed E-state index contributed by atoms with van der Waals surface area (Å²) < 4.78 is 4.71. The molecule has 4 heteroatoms. The van der Waals surface area contributed by atoms with Gasteiger partial charge in [-0.25, -0.2) is 4.79 Å². The first-order chi connectivity index (χ1) is 4.81. The first kappa shape index (κ1) is 9.39. The van der Waals surface area contributed by atoms with Crippen molar-refractivity contribution in [3.63, 3.8) is 0 Å². The summed E-state index contributed by atoms with van der Waals surface area (Å²) in [5.74, 6) is -0.339. The van der Waals surface area contributed by atoms with Gasteiger partial charge in [0.1, 0.15) is 0 Å². The van der Waals surface area contributed by atoms with E-state index in [2.05, 4.69) is 11.6 Å². The minimum Gasteiger partial charge on any atom is -0.462 e. The summed E-state index contributed by atoms with van der Waals surface area (Å²) in [4.78, 5) is 13.5. The second-order valence-electron chi connectivity index (χ2n) is 1.83. The highest BCUT2D eigenvalue weighted by atomic mass is 28.2. The maximum atomic E-state index is 10.4. The zero-order chi connectivity index (χ0) is 7.82. The Kier molecular flexibility index (Phi) is 6.11. The van der Waals surface area contributed by atoms with Crippen LogP contribution in [0.5, 0.6) is 0 Å². The molecular weight excluding hydrogens is 146 g/mol. The molecule has 0 amide bonds. The second-order valence-corrected chi connectivity index (χ2v) is 2.54. The largest absolute Gasteiger partial charge is 0.462 e. The van der Waals surface area contributed by atoms with Gasteiger partial charge in [0.25, 0.3) is 0 Å². The molecule has 0 heterocycles. The molecule has 0 spiro atoms. The molecule has 0 saturated heterocycles. The molecule has 58 valence electrons. The van der Waals surface area contributed by atoms with E-state index in [0.717, 1.165) is 23.4 Å². The van der Waals surface area contributed by atoms with Crippen molar-refractivity contribution in [3.05, 3.63) is 12.7 Å². The monoisotopic (exact) mass is 159 g/mol. The van der Waals surface area contributed by atoms with Crippen molar-refractivity contribution in [3.8, 4) is 0 Å². The van der Waals surface area contributed by atoms with Crippen molar-refractivity contribution in [1.29, 1.82) is 0 Å². The summed E-state index contributed by atoms with van der Waals surface area (Å²) in [5, 5.41) is 0. The Hall–Kier alpha value is -0.613. The third kappa shape index (κ3) is 5.52. The van der Waals surface area contributed by atoms with E-state index in [0.29, 0.717) is 6.61 Å². The van der Waals surface area contributed by atoms with Crippen LogP contribution in [-0.4, -0.2) is 29.5 Å². The van der Waals surface area contributed by atoms with Gasteiger partial charge in [0, 0.05) is 6.08 Å². The van der Waals surface area contributed by atoms with Crippen LogP contribution in [0.2, 0.25) is 0 Å². The van der Waals surface area contributed by atoms with Crippen LogP contribution in [0.4, 0.5) is 0 Å². The summed E-state index contributed by atoms with van der Waals surface area (Å²) in [6.45, 7) is 4.69. The summed E-state index contributed by atoms with van der Waals surface area (Å²) in [6.07, 6.45) is 2.05. The number of hydrogen-bond donors (Lipinski definition) is 1. The van der Waals surface area contributed by atoms with Crippen molar-refractivity contribution >= 4 is 16.4 Å². The highest BCUT2D eigenvalue weighted by molar-refractivity contribution is 6.04. The van der Waals surface area contributed by atoms with E-state index in [4.69, 9.17) is 4.74 Å². The van der Waals surface area contributed by atoms with Crippen LogP contribution in [0.15, 0.2) is 12.7 Å². The number of nitrogens with one attached hydrogen (secondary N) is 1. The van der Waals surface area contributed by atoms with E-state index in [9.17, 15) is 4.79 Å². The van der Waals surface area contributed by atoms with E-state index in [-0.39, 0.29) is 5.97 Å². The molecule has 0 aliphatic heterocycles. The quantitative estimate of drug-likeness (QED) is 0.241. The fourth-order valence-electron chi connectivity index (χ4n) is 0.481. The zero-order valence-electron chi connectivity index (χ0n) is 6.22. The fourth-order valence-corrected chi connectivity index (χ4v) is 0.834. The molecule has 0 radical (unpaired) electrons. The van der Waals surface area contributed by atoms with Gasteiger partial charge in [0.2, 0.25) is 0 Å². The van der Waals surface area contributed by atoms with Crippen LogP contribution in [-0.2, 0) is 9.53 Å². The van der Waals surface area contributed by atoms with Crippen LogP contribution in [0.25, 0.3) is 0 Å². The normalized spacial score (nSPS) is 9.20. The van der Waals surface area contributed by atoms with Crippen molar-refractivity contribution in [2.24, 2.45) is 0 Å². The number of carbonyl (C=O) groups excluding carboxylic acids is 1. The van der Waals surface area contributed by atoms with E-state index in [1.54, 1.807) is 0 Å². The van der Waals surface area contributed by atoms with E-state index in [1.165, 1.54) is 6.08 Å². The third-order valence-electron chi connectivity index (χ3n) is 0.982. The molecule has 0 saturated carbocycles. The molecule has 0 aromatic heterocycles. The summed E-state index contributed by atoms with van der Waals surface area (Å²) in [7, 11) is 0.992. The summed E-state index contributed by atoms with van der Waals surface area (Å²) in [6, 6.07) is 0. The molecule has 0 aliphatic rings. The molecule has 0 aliphatic carbocycles. The lowest BCUT2D eigenvalue weighted by atomic mass is 10.5. The van der Waals surface area contributed by atoms with E-state index in [1.807, 2.05) is 0 Å². The maximum Gasteiger partial charge on any atom is 0.330 e. The smallest absolute Gasteiger partial charge is 0.330 e. The van der Waals surface area contributed by atoms with Crippen LogP contribution in [0.1, 0.15) is 6.42 Å². The van der Waals surface area contributed by atoms with Crippen LogP contribution < -0.4 is 4.98 Å². The molecule has 0 fully saturated rings. The lowest BCUT2D eigenvalue weighted by Gasteiger charge is -1.99. The molecule has 0 aromatic carbocycles. The average molecular weight is 159 g/mol. The first-order valence-electron chi connectivity index (χ1n) is 3.25. The Balaban J connectivity index is 3.03. The van der Waals surface area contributed by atoms with Crippen molar-refractivity contribution in [2.75, 3.05) is 13.2 Å². The fraction of sp³-hybridized carbons (Fsp3) is 0.500.